The number of carbonyl (C=O) groups is 2. The summed E-state index contributed by atoms with van der Waals surface area (Å²) in [5.74, 6) is -1.90. The summed E-state index contributed by atoms with van der Waals surface area (Å²) >= 11 is 0. The van der Waals surface area contributed by atoms with E-state index >= 15 is 0 Å². The minimum atomic E-state index is -1.62. The normalized spacial score (nSPS) is 25.1. The van der Waals surface area contributed by atoms with Crippen molar-refractivity contribution < 1.29 is 49.0 Å². The second-order valence-corrected chi connectivity index (χ2v) is 7.14. The van der Waals surface area contributed by atoms with Crippen LogP contribution in [0.1, 0.15) is 22.8 Å². The van der Waals surface area contributed by atoms with Gasteiger partial charge in [0.05, 0.1) is 6.61 Å². The van der Waals surface area contributed by atoms with Crippen LogP contribution in [0.4, 0.5) is 0 Å². The summed E-state index contributed by atoms with van der Waals surface area (Å²) in [6.07, 6.45) is -7.32. The van der Waals surface area contributed by atoms with E-state index in [0.29, 0.717) is 0 Å². The van der Waals surface area contributed by atoms with E-state index in [1.165, 1.54) is 12.1 Å². The first kappa shape index (κ1) is 23.5. The average molecular weight is 448 g/mol. The number of aliphatic hydroxyl groups is 3. The summed E-state index contributed by atoms with van der Waals surface area (Å²) in [5.41, 5.74) is 0.601. The monoisotopic (exact) mass is 448 g/mol. The highest BCUT2D eigenvalue weighted by atomic mass is 16.7. The summed E-state index contributed by atoms with van der Waals surface area (Å²) in [4.78, 5) is 24.1. The third-order valence-corrected chi connectivity index (χ3v) is 4.77. The molecular weight excluding hydrogens is 424 g/mol. The van der Waals surface area contributed by atoms with Crippen molar-refractivity contribution >= 4 is 11.9 Å². The lowest BCUT2D eigenvalue weighted by molar-refractivity contribution is -0.281. The number of aromatic hydroxyl groups is 1. The molecule has 0 aromatic heterocycles. The number of phenols is 1. The van der Waals surface area contributed by atoms with Crippen molar-refractivity contribution in [1.82, 2.24) is 0 Å². The maximum Gasteiger partial charge on any atom is 0.342 e. The fourth-order valence-electron chi connectivity index (χ4n) is 3.17. The molecule has 0 saturated carbocycles. The summed E-state index contributed by atoms with van der Waals surface area (Å²) in [6.45, 7) is 0.427. The molecule has 4 N–H and O–H groups in total. The van der Waals surface area contributed by atoms with E-state index in [2.05, 4.69) is 0 Å². The van der Waals surface area contributed by atoms with E-state index in [-0.39, 0.29) is 23.7 Å². The fourth-order valence-corrected chi connectivity index (χ4v) is 3.17. The molecule has 2 aromatic carbocycles. The molecule has 5 atom stereocenters. The number of ether oxygens (including phenoxy) is 4. The Morgan fingerprint density at radius 1 is 1.06 bits per heavy atom. The first-order chi connectivity index (χ1) is 15.3. The van der Waals surface area contributed by atoms with E-state index in [1.54, 1.807) is 24.3 Å². The maximum absolute atomic E-state index is 12.7. The third kappa shape index (κ3) is 5.54. The molecule has 1 fully saturated rings. The standard InChI is InChI=1S/C22H24O10/c1-12(24)30-20-19(27)18(26)17(10-23)32-22(20)31-16-8-7-14(25)9-15(16)21(28)29-11-13-5-3-2-4-6-13/h2-9,17-20,22-23,25-27H,10-11H2,1H3. The number of benzene rings is 2. The zero-order valence-electron chi connectivity index (χ0n) is 17.2. The second kappa shape index (κ2) is 10.4. The predicted octanol–water partition coefficient (Wildman–Crippen LogP) is 0.499. The molecule has 0 spiro atoms. The molecule has 1 heterocycles. The van der Waals surface area contributed by atoms with Gasteiger partial charge in [0.25, 0.3) is 0 Å². The SMILES string of the molecule is CC(=O)OC1C(Oc2ccc(O)cc2C(=O)OCc2ccccc2)OC(CO)C(O)C1O. The van der Waals surface area contributed by atoms with Gasteiger partial charge in [0, 0.05) is 6.92 Å². The molecule has 3 rings (SSSR count). The number of esters is 2. The van der Waals surface area contributed by atoms with Crippen molar-refractivity contribution in [2.24, 2.45) is 0 Å². The first-order valence-corrected chi connectivity index (χ1v) is 9.80. The van der Waals surface area contributed by atoms with Gasteiger partial charge in [-0.2, -0.15) is 0 Å². The summed E-state index contributed by atoms with van der Waals surface area (Å²) in [6, 6.07) is 12.6. The van der Waals surface area contributed by atoms with Crippen molar-refractivity contribution in [2.75, 3.05) is 6.61 Å². The Labute approximate surface area is 183 Å². The Hall–Kier alpha value is -3.18. The van der Waals surface area contributed by atoms with Crippen LogP contribution in [0.15, 0.2) is 48.5 Å². The molecule has 32 heavy (non-hydrogen) atoms. The molecule has 172 valence electrons. The van der Waals surface area contributed by atoms with Crippen molar-refractivity contribution in [3.63, 3.8) is 0 Å². The van der Waals surface area contributed by atoms with Gasteiger partial charge in [0.15, 0.2) is 6.10 Å². The van der Waals surface area contributed by atoms with Gasteiger partial charge in [-0.1, -0.05) is 30.3 Å². The van der Waals surface area contributed by atoms with Crippen molar-refractivity contribution in [3.8, 4) is 11.5 Å². The first-order valence-electron chi connectivity index (χ1n) is 9.80. The molecule has 0 radical (unpaired) electrons. The van der Waals surface area contributed by atoms with Crippen LogP contribution in [0.5, 0.6) is 11.5 Å². The Kier molecular flexibility index (Phi) is 7.65. The third-order valence-electron chi connectivity index (χ3n) is 4.77. The van der Waals surface area contributed by atoms with Crippen molar-refractivity contribution in [1.29, 1.82) is 0 Å². The van der Waals surface area contributed by atoms with Crippen LogP contribution in [0.25, 0.3) is 0 Å². The second-order valence-electron chi connectivity index (χ2n) is 7.14. The molecule has 1 saturated heterocycles. The lowest BCUT2D eigenvalue weighted by Gasteiger charge is -2.41. The Morgan fingerprint density at radius 3 is 2.44 bits per heavy atom. The lowest BCUT2D eigenvalue weighted by Crippen LogP contribution is -2.61. The smallest absolute Gasteiger partial charge is 0.342 e. The van der Waals surface area contributed by atoms with E-state index in [1.807, 2.05) is 6.07 Å². The highest BCUT2D eigenvalue weighted by molar-refractivity contribution is 5.93. The van der Waals surface area contributed by atoms with Crippen molar-refractivity contribution in [3.05, 3.63) is 59.7 Å². The lowest BCUT2D eigenvalue weighted by atomic mass is 9.99. The Bertz CT molecular complexity index is 932. The van der Waals surface area contributed by atoms with Gasteiger partial charge in [0.2, 0.25) is 6.29 Å². The zero-order chi connectivity index (χ0) is 23.3. The van der Waals surface area contributed by atoms with Gasteiger partial charge in [0.1, 0.15) is 42.0 Å². The van der Waals surface area contributed by atoms with Gasteiger partial charge in [-0.15, -0.1) is 0 Å². The molecular formula is C22H24O10. The molecule has 0 aliphatic carbocycles. The zero-order valence-corrected chi connectivity index (χ0v) is 17.2. The number of hydrogen-bond acceptors (Lipinski definition) is 10. The van der Waals surface area contributed by atoms with Gasteiger partial charge >= 0.3 is 11.9 Å². The van der Waals surface area contributed by atoms with Crippen molar-refractivity contribution in [2.45, 2.75) is 44.2 Å². The predicted molar refractivity (Wildman–Crippen MR) is 108 cm³/mol. The van der Waals surface area contributed by atoms with Crippen LogP contribution in [0, 0.1) is 0 Å². The van der Waals surface area contributed by atoms with E-state index in [0.717, 1.165) is 18.6 Å². The topological polar surface area (TPSA) is 152 Å². The largest absolute Gasteiger partial charge is 0.508 e. The molecule has 10 nitrogen and oxygen atoms in total. The minimum absolute atomic E-state index is 0.0255. The van der Waals surface area contributed by atoms with Crippen LogP contribution in [-0.4, -0.2) is 69.7 Å². The number of phenolic OH excluding ortho intramolecular Hbond substituents is 1. The molecule has 1 aliphatic heterocycles. The van der Waals surface area contributed by atoms with Crippen LogP contribution in [0.2, 0.25) is 0 Å². The molecule has 0 bridgehead atoms. The molecule has 1 aliphatic rings. The van der Waals surface area contributed by atoms with Crippen LogP contribution in [-0.2, 0) is 25.6 Å². The minimum Gasteiger partial charge on any atom is -0.508 e. The quantitative estimate of drug-likeness (QED) is 0.441. The molecule has 0 amide bonds. The fraction of sp³-hybridized carbons (Fsp3) is 0.364. The number of aliphatic hydroxyl groups excluding tert-OH is 3. The van der Waals surface area contributed by atoms with Crippen LogP contribution < -0.4 is 4.74 Å². The van der Waals surface area contributed by atoms with E-state index in [9.17, 15) is 30.0 Å². The van der Waals surface area contributed by atoms with E-state index < -0.39 is 49.3 Å². The molecule has 5 unspecified atom stereocenters. The summed E-state index contributed by atoms with van der Waals surface area (Å²) in [5, 5.41) is 39.7. The number of rotatable bonds is 7. The summed E-state index contributed by atoms with van der Waals surface area (Å²) < 4.78 is 21.5. The summed E-state index contributed by atoms with van der Waals surface area (Å²) in [7, 11) is 0. The van der Waals surface area contributed by atoms with Gasteiger partial charge < -0.3 is 39.4 Å². The number of carbonyl (C=O) groups excluding carboxylic acids is 2. The Balaban J connectivity index is 1.83. The van der Waals surface area contributed by atoms with Crippen LogP contribution in [0.3, 0.4) is 0 Å². The van der Waals surface area contributed by atoms with Gasteiger partial charge in [-0.05, 0) is 23.8 Å². The van der Waals surface area contributed by atoms with E-state index in [4.69, 9.17) is 18.9 Å². The van der Waals surface area contributed by atoms with Gasteiger partial charge in [-0.25, -0.2) is 4.79 Å². The van der Waals surface area contributed by atoms with Crippen LogP contribution >= 0.6 is 0 Å². The highest BCUT2D eigenvalue weighted by Crippen LogP contribution is 2.30. The average Bonchev–Trinajstić information content (AvgIpc) is 2.78. The van der Waals surface area contributed by atoms with Gasteiger partial charge in [-0.3, -0.25) is 4.79 Å². The highest BCUT2D eigenvalue weighted by Gasteiger charge is 2.48. The molecule has 2 aromatic rings. The molecule has 10 heteroatoms. The maximum atomic E-state index is 12.7. The Morgan fingerprint density at radius 2 is 1.78 bits per heavy atom. The number of hydrogen-bond donors (Lipinski definition) is 4.